The molecule has 1 aliphatic rings. The number of carbonyl (C=O) groups is 2. The monoisotopic (exact) mass is 333 g/mol. The van der Waals surface area contributed by atoms with Crippen molar-refractivity contribution in [3.63, 3.8) is 0 Å². The molecular formula is C19H27NO4. The standard InChI is InChI=1S/C19H27NO4/c1-2-3-4-5-13-24-17-10-8-15(9-11-17)18(21)20-12-6-7-16(14-20)19(22)23/h8-11,16H,2-7,12-14H2,1H3,(H,22,23). The molecular weight excluding hydrogens is 306 g/mol. The third-order valence-corrected chi connectivity index (χ3v) is 4.43. The van der Waals surface area contributed by atoms with E-state index in [0.29, 0.717) is 31.7 Å². The van der Waals surface area contributed by atoms with E-state index in [2.05, 4.69) is 6.92 Å². The zero-order valence-electron chi connectivity index (χ0n) is 14.4. The number of carboxylic acids is 1. The van der Waals surface area contributed by atoms with Gasteiger partial charge in [-0.05, 0) is 43.5 Å². The minimum Gasteiger partial charge on any atom is -0.494 e. The Morgan fingerprint density at radius 2 is 1.96 bits per heavy atom. The summed E-state index contributed by atoms with van der Waals surface area (Å²) in [6.07, 6.45) is 6.03. The number of carbonyl (C=O) groups excluding carboxylic acids is 1. The van der Waals surface area contributed by atoms with Gasteiger partial charge < -0.3 is 14.7 Å². The van der Waals surface area contributed by atoms with Crippen LogP contribution in [0.15, 0.2) is 24.3 Å². The number of carboxylic acid groups (broad SMARTS) is 1. The molecule has 24 heavy (non-hydrogen) atoms. The van der Waals surface area contributed by atoms with Crippen LogP contribution in [0.1, 0.15) is 55.8 Å². The van der Waals surface area contributed by atoms with E-state index in [1.807, 2.05) is 12.1 Å². The Hall–Kier alpha value is -2.04. The lowest BCUT2D eigenvalue weighted by Gasteiger charge is -2.30. The molecule has 1 aliphatic heterocycles. The topological polar surface area (TPSA) is 66.8 Å². The van der Waals surface area contributed by atoms with Crippen LogP contribution >= 0.6 is 0 Å². The van der Waals surface area contributed by atoms with Gasteiger partial charge in [0.15, 0.2) is 0 Å². The summed E-state index contributed by atoms with van der Waals surface area (Å²) >= 11 is 0. The summed E-state index contributed by atoms with van der Waals surface area (Å²) in [6, 6.07) is 7.14. The van der Waals surface area contributed by atoms with E-state index in [1.54, 1.807) is 17.0 Å². The van der Waals surface area contributed by atoms with Gasteiger partial charge in [-0.1, -0.05) is 26.2 Å². The van der Waals surface area contributed by atoms with Gasteiger partial charge in [-0.2, -0.15) is 0 Å². The Labute approximate surface area is 143 Å². The van der Waals surface area contributed by atoms with Crippen molar-refractivity contribution < 1.29 is 19.4 Å². The minimum atomic E-state index is -0.820. The molecule has 0 aromatic heterocycles. The molecule has 0 spiro atoms. The Balaban J connectivity index is 1.85. The molecule has 0 saturated carbocycles. The van der Waals surface area contributed by atoms with E-state index >= 15 is 0 Å². The average Bonchev–Trinajstić information content (AvgIpc) is 2.61. The Morgan fingerprint density at radius 3 is 2.62 bits per heavy atom. The molecule has 5 nitrogen and oxygen atoms in total. The van der Waals surface area contributed by atoms with E-state index in [4.69, 9.17) is 9.84 Å². The van der Waals surface area contributed by atoms with Crippen LogP contribution in [-0.4, -0.2) is 41.6 Å². The predicted molar refractivity (Wildman–Crippen MR) is 92.3 cm³/mol. The number of nitrogens with zero attached hydrogens (tertiary/aromatic N) is 1. The predicted octanol–water partition coefficient (Wildman–Crippen LogP) is 3.58. The SMILES string of the molecule is CCCCCCOc1ccc(C(=O)N2CCCC(C(=O)O)C2)cc1. The van der Waals surface area contributed by atoms with Crippen LogP contribution < -0.4 is 4.74 Å². The van der Waals surface area contributed by atoms with Gasteiger partial charge in [-0.15, -0.1) is 0 Å². The molecule has 5 heteroatoms. The van der Waals surface area contributed by atoms with Gasteiger partial charge >= 0.3 is 5.97 Å². The first-order valence-electron chi connectivity index (χ1n) is 8.86. The minimum absolute atomic E-state index is 0.101. The number of unbranched alkanes of at least 4 members (excludes halogenated alkanes) is 3. The largest absolute Gasteiger partial charge is 0.494 e. The van der Waals surface area contributed by atoms with E-state index in [1.165, 1.54) is 19.3 Å². The third kappa shape index (κ3) is 5.25. The van der Waals surface area contributed by atoms with E-state index in [0.717, 1.165) is 18.6 Å². The van der Waals surface area contributed by atoms with Crippen LogP contribution in [-0.2, 0) is 4.79 Å². The molecule has 1 unspecified atom stereocenters. The van der Waals surface area contributed by atoms with Crippen molar-refractivity contribution in [3.05, 3.63) is 29.8 Å². The molecule has 2 rings (SSSR count). The molecule has 1 saturated heterocycles. The number of hydrogen-bond donors (Lipinski definition) is 1. The van der Waals surface area contributed by atoms with Crippen molar-refractivity contribution in [1.82, 2.24) is 4.90 Å². The van der Waals surface area contributed by atoms with Crippen LogP contribution in [0.4, 0.5) is 0 Å². The number of likely N-dealkylation sites (tertiary alicyclic amines) is 1. The Kier molecular flexibility index (Phi) is 7.09. The first-order chi connectivity index (χ1) is 11.6. The molecule has 1 heterocycles. The number of aliphatic carboxylic acids is 1. The highest BCUT2D eigenvalue weighted by molar-refractivity contribution is 5.94. The summed E-state index contributed by atoms with van der Waals surface area (Å²) in [5, 5.41) is 9.13. The van der Waals surface area contributed by atoms with Crippen molar-refractivity contribution >= 4 is 11.9 Å². The fourth-order valence-electron chi connectivity index (χ4n) is 2.96. The van der Waals surface area contributed by atoms with Crippen LogP contribution in [0.3, 0.4) is 0 Å². The number of benzene rings is 1. The zero-order chi connectivity index (χ0) is 17.4. The molecule has 1 aromatic rings. The molecule has 132 valence electrons. The van der Waals surface area contributed by atoms with Gasteiger partial charge in [0.05, 0.1) is 12.5 Å². The Morgan fingerprint density at radius 1 is 1.21 bits per heavy atom. The number of hydrogen-bond acceptors (Lipinski definition) is 3. The normalized spacial score (nSPS) is 17.5. The summed E-state index contributed by atoms with van der Waals surface area (Å²) in [7, 11) is 0. The highest BCUT2D eigenvalue weighted by Crippen LogP contribution is 2.20. The maximum Gasteiger partial charge on any atom is 0.308 e. The van der Waals surface area contributed by atoms with Crippen molar-refractivity contribution in [1.29, 1.82) is 0 Å². The molecule has 1 fully saturated rings. The molecule has 1 aromatic carbocycles. The van der Waals surface area contributed by atoms with Gasteiger partial charge in [-0.3, -0.25) is 9.59 Å². The molecule has 0 bridgehead atoms. The lowest BCUT2D eigenvalue weighted by molar-refractivity contribution is -0.143. The van der Waals surface area contributed by atoms with E-state index in [9.17, 15) is 9.59 Å². The number of piperidine rings is 1. The van der Waals surface area contributed by atoms with Gasteiger partial charge in [0.2, 0.25) is 0 Å². The summed E-state index contributed by atoms with van der Waals surface area (Å²) in [5.74, 6) is -0.603. The average molecular weight is 333 g/mol. The summed E-state index contributed by atoms with van der Waals surface area (Å²) in [6.45, 7) is 3.79. The quantitative estimate of drug-likeness (QED) is 0.738. The van der Waals surface area contributed by atoms with Crippen LogP contribution in [0.25, 0.3) is 0 Å². The number of rotatable bonds is 8. The molecule has 1 N–H and O–H groups in total. The molecule has 1 atom stereocenters. The van der Waals surface area contributed by atoms with Gasteiger partial charge in [0.1, 0.15) is 5.75 Å². The lowest BCUT2D eigenvalue weighted by atomic mass is 9.97. The number of ether oxygens (including phenoxy) is 1. The van der Waals surface area contributed by atoms with Crippen molar-refractivity contribution in [3.8, 4) is 5.75 Å². The summed E-state index contributed by atoms with van der Waals surface area (Å²) in [4.78, 5) is 25.3. The lowest BCUT2D eigenvalue weighted by Crippen LogP contribution is -2.42. The fourth-order valence-corrected chi connectivity index (χ4v) is 2.96. The van der Waals surface area contributed by atoms with Gasteiger partial charge in [-0.25, -0.2) is 0 Å². The second-order valence-corrected chi connectivity index (χ2v) is 6.36. The molecule has 0 aliphatic carbocycles. The van der Waals surface area contributed by atoms with Gasteiger partial charge in [0, 0.05) is 18.7 Å². The van der Waals surface area contributed by atoms with Crippen molar-refractivity contribution in [2.75, 3.05) is 19.7 Å². The van der Waals surface area contributed by atoms with Crippen LogP contribution in [0.5, 0.6) is 5.75 Å². The van der Waals surface area contributed by atoms with E-state index < -0.39 is 11.9 Å². The van der Waals surface area contributed by atoms with E-state index in [-0.39, 0.29) is 5.91 Å². The highest BCUT2D eigenvalue weighted by atomic mass is 16.5. The first-order valence-corrected chi connectivity index (χ1v) is 8.86. The van der Waals surface area contributed by atoms with Gasteiger partial charge in [0.25, 0.3) is 5.91 Å². The summed E-state index contributed by atoms with van der Waals surface area (Å²) in [5.41, 5.74) is 0.583. The van der Waals surface area contributed by atoms with Crippen LogP contribution in [0, 0.1) is 5.92 Å². The molecule has 1 amide bonds. The maximum absolute atomic E-state index is 12.5. The van der Waals surface area contributed by atoms with Crippen molar-refractivity contribution in [2.45, 2.75) is 45.4 Å². The maximum atomic E-state index is 12.5. The zero-order valence-corrected chi connectivity index (χ0v) is 14.4. The molecule has 0 radical (unpaired) electrons. The first kappa shape index (κ1) is 18.3. The van der Waals surface area contributed by atoms with Crippen molar-refractivity contribution in [2.24, 2.45) is 5.92 Å². The second kappa shape index (κ2) is 9.30. The summed E-state index contributed by atoms with van der Waals surface area (Å²) < 4.78 is 5.68. The van der Waals surface area contributed by atoms with Crippen LogP contribution in [0.2, 0.25) is 0 Å². The Bertz CT molecular complexity index is 541. The second-order valence-electron chi connectivity index (χ2n) is 6.36. The third-order valence-electron chi connectivity index (χ3n) is 4.43. The highest BCUT2D eigenvalue weighted by Gasteiger charge is 2.28. The fraction of sp³-hybridized carbons (Fsp3) is 0.579. The number of amides is 1. The smallest absolute Gasteiger partial charge is 0.308 e.